The van der Waals surface area contributed by atoms with Crippen LogP contribution in [0.5, 0.6) is 5.75 Å². The Kier molecular flexibility index (Phi) is 6.66. The summed E-state index contributed by atoms with van der Waals surface area (Å²) in [6.07, 6.45) is 8.44. The molecule has 0 saturated carbocycles. The van der Waals surface area contributed by atoms with Crippen molar-refractivity contribution in [2.24, 2.45) is 0 Å². The van der Waals surface area contributed by atoms with Crippen LogP contribution in [0, 0.1) is 0 Å². The van der Waals surface area contributed by atoms with Crippen molar-refractivity contribution < 1.29 is 4.74 Å². The Balaban J connectivity index is 1.89. The first kappa shape index (κ1) is 20.1. The van der Waals surface area contributed by atoms with Crippen molar-refractivity contribution in [1.29, 1.82) is 0 Å². The van der Waals surface area contributed by atoms with Gasteiger partial charge in [0.15, 0.2) is 0 Å². The van der Waals surface area contributed by atoms with Crippen molar-refractivity contribution in [2.75, 3.05) is 0 Å². The number of fused-ring (bicyclic) bond motifs is 1. The molecule has 7 heteroatoms. The number of ether oxygens (including phenoxy) is 1. The highest BCUT2D eigenvalue weighted by atomic mass is 35.6. The molecule has 1 aromatic heterocycles. The lowest BCUT2D eigenvalue weighted by atomic mass is 9.98. The molecule has 0 N–H and O–H groups in total. The number of aryl methyl sites for hydroxylation is 1. The Labute approximate surface area is 174 Å². The zero-order valence-electron chi connectivity index (χ0n) is 14.7. The van der Waals surface area contributed by atoms with E-state index in [0.717, 1.165) is 31.4 Å². The number of rotatable bonds is 6. The van der Waals surface area contributed by atoms with Gasteiger partial charge in [-0.25, -0.2) is 4.68 Å². The van der Waals surface area contributed by atoms with E-state index in [4.69, 9.17) is 51.1 Å². The van der Waals surface area contributed by atoms with Crippen LogP contribution in [0.4, 0.5) is 0 Å². The highest BCUT2D eigenvalue weighted by Crippen LogP contribution is 2.38. The third-order valence-electron chi connectivity index (χ3n) is 4.68. The Bertz CT molecular complexity index is 754. The van der Waals surface area contributed by atoms with Gasteiger partial charge in [0.25, 0.3) is 0 Å². The smallest absolute Gasteiger partial charge is 0.226 e. The number of nitrogens with zero attached hydrogens (tertiary/aromatic N) is 2. The minimum Gasteiger partial charge on any atom is -0.484 e. The zero-order valence-corrected chi connectivity index (χ0v) is 17.7. The van der Waals surface area contributed by atoms with E-state index in [1.807, 2.05) is 23.0 Å². The van der Waals surface area contributed by atoms with Crippen molar-refractivity contribution in [2.45, 2.75) is 61.8 Å². The average Bonchev–Trinajstić information content (AvgIpc) is 3.03. The standard InChI is InChI=1S/C19H22Cl4N2O/c1-2-3-8-18(19(21,22)23)26-17-11-14(9-10-15(17)20)25-16-7-5-4-6-13(16)12-24-25/h9-12,18H,2-8H2,1H3. The molecule has 142 valence electrons. The summed E-state index contributed by atoms with van der Waals surface area (Å²) < 4.78 is 6.48. The molecule has 26 heavy (non-hydrogen) atoms. The first-order chi connectivity index (χ1) is 12.4. The molecule has 1 aliphatic rings. The monoisotopic (exact) mass is 434 g/mol. The van der Waals surface area contributed by atoms with Crippen molar-refractivity contribution in [3.63, 3.8) is 0 Å². The maximum absolute atomic E-state index is 6.35. The van der Waals surface area contributed by atoms with Crippen LogP contribution in [0.2, 0.25) is 5.02 Å². The fourth-order valence-corrected chi connectivity index (χ4v) is 3.88. The van der Waals surface area contributed by atoms with E-state index in [-0.39, 0.29) is 0 Å². The van der Waals surface area contributed by atoms with Gasteiger partial charge in [-0.3, -0.25) is 0 Å². The normalized spacial score (nSPS) is 15.6. The first-order valence-electron chi connectivity index (χ1n) is 8.99. The average molecular weight is 436 g/mol. The number of alkyl halides is 3. The molecule has 3 nitrogen and oxygen atoms in total. The molecule has 0 saturated heterocycles. The number of hydrogen-bond acceptors (Lipinski definition) is 2. The lowest BCUT2D eigenvalue weighted by molar-refractivity contribution is 0.192. The summed E-state index contributed by atoms with van der Waals surface area (Å²) in [5.41, 5.74) is 3.48. The van der Waals surface area contributed by atoms with Crippen LogP contribution >= 0.6 is 46.4 Å². The molecule has 1 aliphatic carbocycles. The summed E-state index contributed by atoms with van der Waals surface area (Å²) in [7, 11) is 0. The quantitative estimate of drug-likeness (QED) is 0.471. The molecule has 0 aliphatic heterocycles. The van der Waals surface area contributed by atoms with E-state index < -0.39 is 9.90 Å². The first-order valence-corrected chi connectivity index (χ1v) is 10.5. The Morgan fingerprint density at radius 1 is 1.23 bits per heavy atom. The predicted molar refractivity (Wildman–Crippen MR) is 109 cm³/mol. The minimum atomic E-state index is -1.51. The molecule has 1 heterocycles. The largest absolute Gasteiger partial charge is 0.484 e. The molecular formula is C19H22Cl4N2O. The fourth-order valence-electron chi connectivity index (χ4n) is 3.26. The lowest BCUT2D eigenvalue weighted by Gasteiger charge is -2.26. The second-order valence-corrected chi connectivity index (χ2v) is 9.42. The number of hydrogen-bond donors (Lipinski definition) is 0. The topological polar surface area (TPSA) is 27.1 Å². The van der Waals surface area contributed by atoms with Crippen LogP contribution < -0.4 is 4.74 Å². The van der Waals surface area contributed by atoms with Gasteiger partial charge in [-0.15, -0.1) is 0 Å². The van der Waals surface area contributed by atoms with E-state index in [1.165, 1.54) is 24.1 Å². The van der Waals surface area contributed by atoms with Crippen molar-refractivity contribution in [3.05, 3.63) is 40.7 Å². The van der Waals surface area contributed by atoms with Crippen molar-refractivity contribution in [1.82, 2.24) is 9.78 Å². The highest BCUT2D eigenvalue weighted by Gasteiger charge is 2.34. The summed E-state index contributed by atoms with van der Waals surface area (Å²) in [4.78, 5) is 0. The van der Waals surface area contributed by atoms with Gasteiger partial charge in [-0.1, -0.05) is 59.7 Å². The van der Waals surface area contributed by atoms with Crippen LogP contribution in [0.25, 0.3) is 5.69 Å². The van der Waals surface area contributed by atoms with Gasteiger partial charge in [-0.05, 0) is 56.2 Å². The molecule has 0 amide bonds. The van der Waals surface area contributed by atoms with Gasteiger partial charge in [0, 0.05) is 11.8 Å². The summed E-state index contributed by atoms with van der Waals surface area (Å²) in [6.45, 7) is 2.09. The minimum absolute atomic E-state index is 0.491. The summed E-state index contributed by atoms with van der Waals surface area (Å²) in [6, 6.07) is 5.62. The summed E-state index contributed by atoms with van der Waals surface area (Å²) >= 11 is 24.7. The third kappa shape index (κ3) is 4.62. The van der Waals surface area contributed by atoms with Crippen LogP contribution in [0.1, 0.15) is 50.3 Å². The number of aromatic nitrogens is 2. The maximum Gasteiger partial charge on any atom is 0.226 e. The molecule has 0 spiro atoms. The molecule has 1 atom stereocenters. The SMILES string of the molecule is CCCCC(Oc1cc(-n2ncc3c2CCCC3)ccc1Cl)C(Cl)(Cl)Cl. The molecular weight excluding hydrogens is 414 g/mol. The highest BCUT2D eigenvalue weighted by molar-refractivity contribution is 6.68. The van der Waals surface area contributed by atoms with Crippen molar-refractivity contribution in [3.8, 4) is 11.4 Å². The van der Waals surface area contributed by atoms with Crippen molar-refractivity contribution >= 4 is 46.4 Å². The van der Waals surface area contributed by atoms with Gasteiger partial charge in [0.2, 0.25) is 3.79 Å². The Morgan fingerprint density at radius 3 is 2.73 bits per heavy atom. The van der Waals surface area contributed by atoms with Gasteiger partial charge >= 0.3 is 0 Å². The van der Waals surface area contributed by atoms with E-state index in [2.05, 4.69) is 12.0 Å². The van der Waals surface area contributed by atoms with Crippen LogP contribution in [0.3, 0.4) is 0 Å². The van der Waals surface area contributed by atoms with Gasteiger partial charge in [0.1, 0.15) is 11.9 Å². The molecule has 2 aromatic rings. The van der Waals surface area contributed by atoms with Gasteiger partial charge in [-0.2, -0.15) is 5.10 Å². The number of unbranched alkanes of at least 4 members (excludes halogenated alkanes) is 1. The third-order valence-corrected chi connectivity index (χ3v) is 5.72. The zero-order chi connectivity index (χ0) is 18.7. The number of halogens is 4. The second kappa shape index (κ2) is 8.60. The number of benzene rings is 1. The molecule has 0 fully saturated rings. The Hall–Kier alpha value is -0.610. The molecule has 0 bridgehead atoms. The summed E-state index contributed by atoms with van der Waals surface area (Å²) in [5.74, 6) is 0.511. The Morgan fingerprint density at radius 2 is 2.00 bits per heavy atom. The fraction of sp³-hybridized carbons (Fsp3) is 0.526. The predicted octanol–water partition coefficient (Wildman–Crippen LogP) is 6.71. The van der Waals surface area contributed by atoms with Crippen LogP contribution in [-0.2, 0) is 12.8 Å². The van der Waals surface area contributed by atoms with Gasteiger partial charge < -0.3 is 4.74 Å². The van der Waals surface area contributed by atoms with Crippen LogP contribution in [-0.4, -0.2) is 19.7 Å². The summed E-state index contributed by atoms with van der Waals surface area (Å²) in [5, 5.41) is 5.05. The maximum atomic E-state index is 6.35. The molecule has 0 radical (unpaired) electrons. The molecule has 1 aromatic carbocycles. The van der Waals surface area contributed by atoms with Crippen LogP contribution in [0.15, 0.2) is 24.4 Å². The van der Waals surface area contributed by atoms with E-state index in [0.29, 0.717) is 17.2 Å². The lowest BCUT2D eigenvalue weighted by Crippen LogP contribution is -2.31. The van der Waals surface area contributed by atoms with E-state index in [1.54, 1.807) is 6.07 Å². The molecule has 3 rings (SSSR count). The van der Waals surface area contributed by atoms with E-state index >= 15 is 0 Å². The van der Waals surface area contributed by atoms with E-state index in [9.17, 15) is 0 Å². The van der Waals surface area contributed by atoms with Gasteiger partial charge in [0.05, 0.1) is 16.9 Å². The molecule has 1 unspecified atom stereocenters. The second-order valence-electron chi connectivity index (χ2n) is 6.64.